The molecule has 0 fully saturated rings. The van der Waals surface area contributed by atoms with Crippen LogP contribution in [0.15, 0.2) is 42.7 Å². The Kier molecular flexibility index (Phi) is 3.96. The van der Waals surface area contributed by atoms with E-state index in [1.165, 1.54) is 0 Å². The molecular weight excluding hydrogens is 351 g/mol. The Morgan fingerprint density at radius 1 is 1.24 bits per heavy atom. The summed E-state index contributed by atoms with van der Waals surface area (Å²) in [5.74, 6) is -0.199. The maximum atomic E-state index is 11.9. The van der Waals surface area contributed by atoms with Crippen molar-refractivity contribution in [2.75, 3.05) is 5.32 Å². The molecule has 1 aromatic carbocycles. The van der Waals surface area contributed by atoms with E-state index in [9.17, 15) is 4.79 Å². The van der Waals surface area contributed by atoms with Crippen molar-refractivity contribution in [2.24, 2.45) is 0 Å². The van der Waals surface area contributed by atoms with Crippen LogP contribution in [0.2, 0.25) is 5.02 Å². The number of halogens is 2. The Balaban J connectivity index is 2.19. The summed E-state index contributed by atoms with van der Waals surface area (Å²) in [5.41, 5.74) is 1.16. The molecule has 0 aliphatic carbocycles. The Morgan fingerprint density at radius 2 is 1.94 bits per heavy atom. The van der Waals surface area contributed by atoms with Crippen molar-refractivity contribution >= 4 is 45.8 Å². The van der Waals surface area contributed by atoms with Gasteiger partial charge in [-0.3, -0.25) is 9.78 Å². The smallest absolute Gasteiger partial charge is 0.255 e. The number of nitrogens with zero attached hydrogens (tertiary/aromatic N) is 1. The fourth-order valence-electron chi connectivity index (χ4n) is 1.29. The lowest BCUT2D eigenvalue weighted by atomic mass is 10.2. The summed E-state index contributed by atoms with van der Waals surface area (Å²) in [5, 5.41) is 3.28. The number of benzene rings is 1. The zero-order valence-electron chi connectivity index (χ0n) is 8.65. The van der Waals surface area contributed by atoms with E-state index in [-0.39, 0.29) is 5.91 Å². The molecule has 0 saturated carbocycles. The normalized spacial score (nSPS) is 10.0. The van der Waals surface area contributed by atoms with Crippen molar-refractivity contribution in [3.05, 3.63) is 56.9 Å². The largest absolute Gasteiger partial charge is 0.321 e. The van der Waals surface area contributed by atoms with Gasteiger partial charge in [-0.15, -0.1) is 0 Å². The van der Waals surface area contributed by atoms with Crippen molar-refractivity contribution < 1.29 is 4.79 Å². The molecule has 0 bridgehead atoms. The van der Waals surface area contributed by atoms with Gasteiger partial charge < -0.3 is 5.32 Å². The maximum absolute atomic E-state index is 11.9. The lowest BCUT2D eigenvalue weighted by Crippen LogP contribution is -2.12. The molecule has 86 valence electrons. The van der Waals surface area contributed by atoms with Crippen LogP contribution in [0.25, 0.3) is 0 Å². The molecule has 5 heteroatoms. The molecule has 1 N–H and O–H groups in total. The number of hydrogen-bond acceptors (Lipinski definition) is 2. The molecule has 0 atom stereocenters. The van der Waals surface area contributed by atoms with Gasteiger partial charge in [-0.1, -0.05) is 11.6 Å². The van der Waals surface area contributed by atoms with Gasteiger partial charge in [-0.05, 0) is 52.9 Å². The van der Waals surface area contributed by atoms with Gasteiger partial charge in [0.1, 0.15) is 0 Å². The minimum atomic E-state index is -0.199. The third kappa shape index (κ3) is 3.17. The third-order valence-corrected chi connectivity index (χ3v) is 3.11. The zero-order chi connectivity index (χ0) is 12.3. The average molecular weight is 359 g/mol. The SMILES string of the molecule is O=C(Nc1ccc(I)cc1Cl)c1ccncc1. The minimum absolute atomic E-state index is 0.199. The molecule has 0 spiro atoms. The monoisotopic (exact) mass is 358 g/mol. The van der Waals surface area contributed by atoms with E-state index in [0.29, 0.717) is 16.3 Å². The molecule has 0 aliphatic heterocycles. The van der Waals surface area contributed by atoms with E-state index < -0.39 is 0 Å². The first-order valence-corrected chi connectivity index (χ1v) is 6.29. The molecule has 17 heavy (non-hydrogen) atoms. The van der Waals surface area contributed by atoms with Crippen LogP contribution in [-0.2, 0) is 0 Å². The van der Waals surface area contributed by atoms with Gasteiger partial charge in [0.15, 0.2) is 0 Å². The zero-order valence-corrected chi connectivity index (χ0v) is 11.6. The predicted molar refractivity (Wildman–Crippen MR) is 76.4 cm³/mol. The van der Waals surface area contributed by atoms with Crippen LogP contribution in [0.1, 0.15) is 10.4 Å². The molecule has 2 aromatic rings. The number of pyridine rings is 1. The molecule has 0 unspecified atom stereocenters. The van der Waals surface area contributed by atoms with E-state index in [0.717, 1.165) is 3.57 Å². The lowest BCUT2D eigenvalue weighted by molar-refractivity contribution is 0.102. The number of carbonyl (C=O) groups is 1. The quantitative estimate of drug-likeness (QED) is 0.834. The summed E-state index contributed by atoms with van der Waals surface area (Å²) in [4.78, 5) is 15.7. The summed E-state index contributed by atoms with van der Waals surface area (Å²) < 4.78 is 1.02. The van der Waals surface area contributed by atoms with E-state index in [1.54, 1.807) is 36.7 Å². The molecule has 1 heterocycles. The van der Waals surface area contributed by atoms with Crippen molar-refractivity contribution in [2.45, 2.75) is 0 Å². The highest BCUT2D eigenvalue weighted by atomic mass is 127. The average Bonchev–Trinajstić information content (AvgIpc) is 2.34. The summed E-state index contributed by atoms with van der Waals surface area (Å²) in [7, 11) is 0. The van der Waals surface area contributed by atoms with E-state index >= 15 is 0 Å². The van der Waals surface area contributed by atoms with Crippen LogP contribution < -0.4 is 5.32 Å². The van der Waals surface area contributed by atoms with Gasteiger partial charge in [-0.2, -0.15) is 0 Å². The number of carbonyl (C=O) groups excluding carboxylic acids is 1. The third-order valence-electron chi connectivity index (χ3n) is 2.12. The van der Waals surface area contributed by atoms with E-state index in [2.05, 4.69) is 32.9 Å². The fourth-order valence-corrected chi connectivity index (χ4v) is 2.19. The van der Waals surface area contributed by atoms with Crippen LogP contribution in [0, 0.1) is 3.57 Å². The lowest BCUT2D eigenvalue weighted by Gasteiger charge is -2.07. The molecule has 1 aromatic heterocycles. The topological polar surface area (TPSA) is 42.0 Å². The van der Waals surface area contributed by atoms with Crippen molar-refractivity contribution in [3.8, 4) is 0 Å². The molecule has 2 rings (SSSR count). The Labute approximate surface area is 117 Å². The second-order valence-corrected chi connectivity index (χ2v) is 4.97. The van der Waals surface area contributed by atoms with Gasteiger partial charge in [0.2, 0.25) is 0 Å². The fraction of sp³-hybridized carbons (Fsp3) is 0. The first-order chi connectivity index (χ1) is 8.16. The number of amides is 1. The Hall–Kier alpha value is -1.14. The Bertz CT molecular complexity index is 545. The highest BCUT2D eigenvalue weighted by Crippen LogP contribution is 2.24. The molecule has 1 amide bonds. The van der Waals surface area contributed by atoms with Crippen LogP contribution in [0.4, 0.5) is 5.69 Å². The van der Waals surface area contributed by atoms with Gasteiger partial charge >= 0.3 is 0 Å². The second kappa shape index (κ2) is 5.46. The van der Waals surface area contributed by atoms with Crippen molar-refractivity contribution in [3.63, 3.8) is 0 Å². The van der Waals surface area contributed by atoms with Crippen LogP contribution in [0.5, 0.6) is 0 Å². The summed E-state index contributed by atoms with van der Waals surface area (Å²) >= 11 is 8.19. The number of rotatable bonds is 2. The first-order valence-electron chi connectivity index (χ1n) is 4.83. The summed E-state index contributed by atoms with van der Waals surface area (Å²) in [6.45, 7) is 0. The summed E-state index contributed by atoms with van der Waals surface area (Å²) in [6.07, 6.45) is 3.15. The minimum Gasteiger partial charge on any atom is -0.321 e. The number of aromatic nitrogens is 1. The van der Waals surface area contributed by atoms with Gasteiger partial charge in [0.05, 0.1) is 10.7 Å². The molecule has 0 radical (unpaired) electrons. The molecular formula is C12H8ClIN2O. The number of hydrogen-bond donors (Lipinski definition) is 1. The Morgan fingerprint density at radius 3 is 2.59 bits per heavy atom. The molecule has 3 nitrogen and oxygen atoms in total. The first kappa shape index (κ1) is 12.3. The van der Waals surface area contributed by atoms with Crippen molar-refractivity contribution in [1.29, 1.82) is 0 Å². The molecule has 0 aliphatic rings. The van der Waals surface area contributed by atoms with Crippen LogP contribution >= 0.6 is 34.2 Å². The van der Waals surface area contributed by atoms with Crippen molar-refractivity contribution in [1.82, 2.24) is 4.98 Å². The second-order valence-electron chi connectivity index (χ2n) is 3.31. The highest BCUT2D eigenvalue weighted by molar-refractivity contribution is 14.1. The maximum Gasteiger partial charge on any atom is 0.255 e. The van der Waals surface area contributed by atoms with Gasteiger partial charge in [0.25, 0.3) is 5.91 Å². The van der Waals surface area contributed by atoms with E-state index in [4.69, 9.17) is 11.6 Å². The van der Waals surface area contributed by atoms with Gasteiger partial charge in [-0.25, -0.2) is 0 Å². The number of anilines is 1. The highest BCUT2D eigenvalue weighted by Gasteiger charge is 2.07. The van der Waals surface area contributed by atoms with E-state index in [1.807, 2.05) is 6.07 Å². The number of nitrogens with one attached hydrogen (secondary N) is 1. The van der Waals surface area contributed by atoms with Crippen LogP contribution in [-0.4, -0.2) is 10.9 Å². The van der Waals surface area contributed by atoms with Gasteiger partial charge in [0, 0.05) is 21.5 Å². The summed E-state index contributed by atoms with van der Waals surface area (Å²) in [6, 6.07) is 8.76. The molecule has 0 saturated heterocycles. The predicted octanol–water partition coefficient (Wildman–Crippen LogP) is 3.59. The standard InChI is InChI=1S/C12H8ClIN2O/c13-10-7-9(14)1-2-11(10)16-12(17)8-3-5-15-6-4-8/h1-7H,(H,16,17). The van der Waals surface area contributed by atoms with Crippen LogP contribution in [0.3, 0.4) is 0 Å².